The predicted molar refractivity (Wildman–Crippen MR) is 66.5 cm³/mol. The van der Waals surface area contributed by atoms with Crippen molar-refractivity contribution in [1.29, 1.82) is 0 Å². The van der Waals surface area contributed by atoms with Gasteiger partial charge >= 0.3 is 0 Å². The van der Waals surface area contributed by atoms with E-state index in [-0.39, 0.29) is 0 Å². The smallest absolute Gasteiger partial charge is 0.0891 e. The maximum atomic E-state index is 5.73. The van der Waals surface area contributed by atoms with Crippen molar-refractivity contribution < 1.29 is 4.74 Å². The molecule has 0 radical (unpaired) electrons. The zero-order valence-electron chi connectivity index (χ0n) is 10.2. The van der Waals surface area contributed by atoms with E-state index in [9.17, 15) is 0 Å². The average molecular weight is 232 g/mol. The Morgan fingerprint density at radius 3 is 2.71 bits per heavy atom. The molecular formula is C14H20N2O. The molecule has 0 bridgehead atoms. The Morgan fingerprint density at radius 1 is 1.24 bits per heavy atom. The van der Waals surface area contributed by atoms with Crippen molar-refractivity contribution in [3.05, 3.63) is 29.6 Å². The van der Waals surface area contributed by atoms with Crippen molar-refractivity contribution in [2.24, 2.45) is 0 Å². The molecular weight excluding hydrogens is 212 g/mol. The van der Waals surface area contributed by atoms with E-state index in [2.05, 4.69) is 22.4 Å². The quantitative estimate of drug-likeness (QED) is 0.817. The van der Waals surface area contributed by atoms with Gasteiger partial charge in [-0.3, -0.25) is 4.98 Å². The summed E-state index contributed by atoms with van der Waals surface area (Å²) in [4.78, 5) is 4.44. The summed E-state index contributed by atoms with van der Waals surface area (Å²) in [6.45, 7) is 1.61. The lowest BCUT2D eigenvalue weighted by Crippen LogP contribution is -2.21. The Labute approximate surface area is 103 Å². The van der Waals surface area contributed by atoms with Gasteiger partial charge in [0.1, 0.15) is 0 Å². The van der Waals surface area contributed by atoms with Crippen LogP contribution >= 0.6 is 0 Å². The summed E-state index contributed by atoms with van der Waals surface area (Å²) in [6.07, 6.45) is 8.90. The Hall–Kier alpha value is -0.930. The summed E-state index contributed by atoms with van der Waals surface area (Å²) < 4.78 is 5.73. The highest BCUT2D eigenvalue weighted by atomic mass is 16.5. The number of aromatic nitrogens is 1. The molecule has 3 heteroatoms. The van der Waals surface area contributed by atoms with E-state index in [1.54, 1.807) is 0 Å². The molecule has 2 aliphatic rings. The Morgan fingerprint density at radius 2 is 2.12 bits per heavy atom. The first-order valence-electron chi connectivity index (χ1n) is 6.69. The molecule has 0 atom stereocenters. The van der Waals surface area contributed by atoms with E-state index < -0.39 is 0 Å². The molecule has 3 rings (SSSR count). The zero-order chi connectivity index (χ0) is 11.5. The van der Waals surface area contributed by atoms with Gasteiger partial charge in [0, 0.05) is 18.8 Å². The molecule has 92 valence electrons. The summed E-state index contributed by atoms with van der Waals surface area (Å²) >= 11 is 0. The van der Waals surface area contributed by atoms with Crippen LogP contribution in [0.5, 0.6) is 0 Å². The van der Waals surface area contributed by atoms with Crippen LogP contribution in [0.4, 0.5) is 0 Å². The summed E-state index contributed by atoms with van der Waals surface area (Å²) in [5, 5.41) is 3.49. The van der Waals surface area contributed by atoms with Gasteiger partial charge in [-0.1, -0.05) is 6.07 Å². The number of ether oxygens (including phenoxy) is 1. The van der Waals surface area contributed by atoms with Crippen LogP contribution in [0.3, 0.4) is 0 Å². The van der Waals surface area contributed by atoms with Gasteiger partial charge in [0.2, 0.25) is 0 Å². The van der Waals surface area contributed by atoms with Crippen LogP contribution in [0, 0.1) is 0 Å². The van der Waals surface area contributed by atoms with Gasteiger partial charge < -0.3 is 10.1 Å². The lowest BCUT2D eigenvalue weighted by Gasteiger charge is -2.25. The Bertz CT molecular complexity index is 355. The minimum atomic E-state index is 0.494. The van der Waals surface area contributed by atoms with Crippen molar-refractivity contribution in [1.82, 2.24) is 10.3 Å². The number of nitrogens with one attached hydrogen (secondary N) is 1. The lowest BCUT2D eigenvalue weighted by atomic mass is 9.96. The van der Waals surface area contributed by atoms with Crippen molar-refractivity contribution in [3.63, 3.8) is 0 Å². The summed E-state index contributed by atoms with van der Waals surface area (Å²) in [7, 11) is 0. The molecule has 2 fully saturated rings. The molecule has 3 nitrogen and oxygen atoms in total. The molecule has 2 saturated carbocycles. The first-order chi connectivity index (χ1) is 8.40. The molecule has 0 aromatic carbocycles. The van der Waals surface area contributed by atoms with Crippen LogP contribution in [-0.2, 0) is 17.9 Å². The first kappa shape index (κ1) is 11.2. The van der Waals surface area contributed by atoms with Crippen molar-refractivity contribution in [3.8, 4) is 0 Å². The second kappa shape index (κ2) is 5.15. The van der Waals surface area contributed by atoms with E-state index in [0.29, 0.717) is 12.7 Å². The van der Waals surface area contributed by atoms with E-state index in [1.807, 2.05) is 6.20 Å². The van der Waals surface area contributed by atoms with Gasteiger partial charge in [-0.2, -0.15) is 0 Å². The minimum absolute atomic E-state index is 0.494. The van der Waals surface area contributed by atoms with Gasteiger partial charge in [0.25, 0.3) is 0 Å². The van der Waals surface area contributed by atoms with Crippen LogP contribution in [0.15, 0.2) is 18.3 Å². The molecule has 0 unspecified atom stereocenters. The van der Waals surface area contributed by atoms with Crippen LogP contribution in [0.1, 0.15) is 43.4 Å². The van der Waals surface area contributed by atoms with Crippen LogP contribution in [-0.4, -0.2) is 17.1 Å². The number of rotatable bonds is 6. The molecule has 1 aromatic heterocycles. The SMILES string of the molecule is c1cc(COC2CCC2)ncc1CNC1CC1. The second-order valence-corrected chi connectivity index (χ2v) is 5.18. The van der Waals surface area contributed by atoms with Gasteiger partial charge in [-0.05, 0) is 43.7 Å². The largest absolute Gasteiger partial charge is 0.372 e. The van der Waals surface area contributed by atoms with Crippen molar-refractivity contribution in [2.75, 3.05) is 0 Å². The molecule has 2 aliphatic carbocycles. The van der Waals surface area contributed by atoms with Gasteiger partial charge in [0.15, 0.2) is 0 Å². The van der Waals surface area contributed by atoms with Crippen molar-refractivity contribution >= 4 is 0 Å². The maximum Gasteiger partial charge on any atom is 0.0891 e. The zero-order valence-corrected chi connectivity index (χ0v) is 10.2. The molecule has 1 aromatic rings. The van der Waals surface area contributed by atoms with E-state index in [1.165, 1.54) is 37.7 Å². The standard InChI is InChI=1S/C14H20N2O/c1-2-14(3-1)17-10-13-5-4-11(9-16-13)8-15-12-6-7-12/h4-5,9,12,14-15H,1-3,6-8,10H2. The minimum Gasteiger partial charge on any atom is -0.372 e. The third kappa shape index (κ3) is 3.27. The average Bonchev–Trinajstić information content (AvgIpc) is 3.10. The highest BCUT2D eigenvalue weighted by molar-refractivity contribution is 5.13. The van der Waals surface area contributed by atoms with E-state index >= 15 is 0 Å². The molecule has 0 amide bonds. The number of nitrogens with zero attached hydrogens (tertiary/aromatic N) is 1. The fourth-order valence-corrected chi connectivity index (χ4v) is 1.94. The highest BCUT2D eigenvalue weighted by Gasteiger charge is 2.20. The first-order valence-corrected chi connectivity index (χ1v) is 6.69. The summed E-state index contributed by atoms with van der Waals surface area (Å²) in [5.41, 5.74) is 2.32. The highest BCUT2D eigenvalue weighted by Crippen LogP contribution is 2.23. The molecule has 0 spiro atoms. The lowest BCUT2D eigenvalue weighted by molar-refractivity contribution is -0.0101. The third-order valence-electron chi connectivity index (χ3n) is 3.58. The van der Waals surface area contributed by atoms with Gasteiger partial charge in [-0.25, -0.2) is 0 Å². The summed E-state index contributed by atoms with van der Waals surface area (Å²) in [6, 6.07) is 5.00. The monoisotopic (exact) mass is 232 g/mol. The van der Waals surface area contributed by atoms with Crippen LogP contribution in [0.2, 0.25) is 0 Å². The molecule has 1 N–H and O–H groups in total. The molecule has 17 heavy (non-hydrogen) atoms. The topological polar surface area (TPSA) is 34.1 Å². The second-order valence-electron chi connectivity index (χ2n) is 5.18. The van der Waals surface area contributed by atoms with Gasteiger partial charge in [-0.15, -0.1) is 0 Å². The number of pyridine rings is 1. The summed E-state index contributed by atoms with van der Waals surface area (Å²) in [5.74, 6) is 0. The fourth-order valence-electron chi connectivity index (χ4n) is 1.94. The predicted octanol–water partition coefficient (Wildman–Crippen LogP) is 2.40. The molecule has 0 aliphatic heterocycles. The number of hydrogen-bond acceptors (Lipinski definition) is 3. The third-order valence-corrected chi connectivity index (χ3v) is 3.58. The maximum absolute atomic E-state index is 5.73. The Balaban J connectivity index is 1.44. The van der Waals surface area contributed by atoms with Crippen LogP contribution < -0.4 is 5.32 Å². The van der Waals surface area contributed by atoms with Gasteiger partial charge in [0.05, 0.1) is 18.4 Å². The van der Waals surface area contributed by atoms with Crippen LogP contribution in [0.25, 0.3) is 0 Å². The van der Waals surface area contributed by atoms with E-state index in [0.717, 1.165) is 18.3 Å². The van der Waals surface area contributed by atoms with E-state index in [4.69, 9.17) is 4.74 Å². The Kier molecular flexibility index (Phi) is 3.39. The number of hydrogen-bond donors (Lipinski definition) is 1. The van der Waals surface area contributed by atoms with Crippen molar-refractivity contribution in [2.45, 2.75) is 57.4 Å². The normalized spacial score (nSPS) is 20.2. The molecule has 0 saturated heterocycles. The fraction of sp³-hybridized carbons (Fsp3) is 0.643. The molecule has 1 heterocycles.